The Hall–Kier alpha value is -0.660. The van der Waals surface area contributed by atoms with Crippen LogP contribution in [0.3, 0.4) is 0 Å². The van der Waals surface area contributed by atoms with Gasteiger partial charge in [-0.25, -0.2) is 0 Å². The summed E-state index contributed by atoms with van der Waals surface area (Å²) in [5.41, 5.74) is 0. The van der Waals surface area contributed by atoms with Crippen LogP contribution < -0.4 is 10.6 Å². The topological polar surface area (TPSA) is 41.1 Å². The number of terminal acetylenes is 1. The largest absolute Gasteiger partial charge is 0.355 e. The Morgan fingerprint density at radius 3 is 3.20 bits per heavy atom. The lowest BCUT2D eigenvalue weighted by atomic mass is 9.99. The highest BCUT2D eigenvalue weighted by molar-refractivity contribution is 7.99. The summed E-state index contributed by atoms with van der Waals surface area (Å²) in [7, 11) is 0. The van der Waals surface area contributed by atoms with E-state index in [0.29, 0.717) is 0 Å². The van der Waals surface area contributed by atoms with E-state index in [2.05, 4.69) is 16.6 Å². The van der Waals surface area contributed by atoms with Crippen molar-refractivity contribution < 1.29 is 4.79 Å². The van der Waals surface area contributed by atoms with Crippen LogP contribution >= 0.6 is 11.8 Å². The summed E-state index contributed by atoms with van der Waals surface area (Å²) in [5, 5.41) is 6.18. The number of nitrogens with one attached hydrogen (secondary N) is 2. The van der Waals surface area contributed by atoms with Gasteiger partial charge in [-0.2, -0.15) is 0 Å². The molecule has 2 N–H and O–H groups in total. The quantitative estimate of drug-likeness (QED) is 0.529. The standard InChI is InChI=1S/C11H18N2OS/c1-2-7-15-8-6-13-11(14)10-4-3-5-12-9-10/h1,10,12H,3-9H2,(H,13,14). The fourth-order valence-corrected chi connectivity index (χ4v) is 2.11. The maximum absolute atomic E-state index is 11.6. The molecule has 1 saturated heterocycles. The van der Waals surface area contributed by atoms with Crippen LogP contribution in [0.2, 0.25) is 0 Å². The molecule has 0 aromatic carbocycles. The fraction of sp³-hybridized carbons (Fsp3) is 0.727. The van der Waals surface area contributed by atoms with Gasteiger partial charge >= 0.3 is 0 Å². The summed E-state index contributed by atoms with van der Waals surface area (Å²) in [6.45, 7) is 2.59. The lowest BCUT2D eigenvalue weighted by Gasteiger charge is -2.21. The fourth-order valence-electron chi connectivity index (χ4n) is 1.60. The molecule has 4 heteroatoms. The summed E-state index contributed by atoms with van der Waals surface area (Å²) in [6, 6.07) is 0. The molecule has 0 aromatic rings. The van der Waals surface area contributed by atoms with Gasteiger partial charge in [0.2, 0.25) is 5.91 Å². The monoisotopic (exact) mass is 226 g/mol. The first-order chi connectivity index (χ1) is 7.34. The maximum atomic E-state index is 11.6. The van der Waals surface area contributed by atoms with Gasteiger partial charge in [0.25, 0.3) is 0 Å². The van der Waals surface area contributed by atoms with Gasteiger partial charge in [0, 0.05) is 18.8 Å². The molecule has 1 heterocycles. The smallest absolute Gasteiger partial charge is 0.224 e. The molecule has 3 nitrogen and oxygen atoms in total. The molecule has 0 radical (unpaired) electrons. The zero-order chi connectivity index (χ0) is 10.9. The summed E-state index contributed by atoms with van der Waals surface area (Å²) in [4.78, 5) is 11.6. The van der Waals surface area contributed by atoms with E-state index in [1.165, 1.54) is 0 Å². The van der Waals surface area contributed by atoms with Crippen molar-refractivity contribution in [3.63, 3.8) is 0 Å². The molecule has 1 aliphatic rings. The molecular weight excluding hydrogens is 208 g/mol. The van der Waals surface area contributed by atoms with Crippen LogP contribution in [0, 0.1) is 18.3 Å². The molecule has 0 bridgehead atoms. The second-order valence-corrected chi connectivity index (χ2v) is 4.70. The van der Waals surface area contributed by atoms with E-state index in [1.807, 2.05) is 0 Å². The molecular formula is C11H18N2OS. The van der Waals surface area contributed by atoms with E-state index in [0.717, 1.165) is 44.0 Å². The third-order valence-electron chi connectivity index (χ3n) is 2.40. The molecule has 1 unspecified atom stereocenters. The van der Waals surface area contributed by atoms with E-state index in [4.69, 9.17) is 6.42 Å². The van der Waals surface area contributed by atoms with Crippen molar-refractivity contribution in [1.82, 2.24) is 10.6 Å². The number of thioether (sulfide) groups is 1. The van der Waals surface area contributed by atoms with E-state index >= 15 is 0 Å². The van der Waals surface area contributed by atoms with Gasteiger partial charge in [-0.3, -0.25) is 4.79 Å². The van der Waals surface area contributed by atoms with Crippen molar-refractivity contribution in [3.8, 4) is 12.3 Å². The molecule has 1 fully saturated rings. The summed E-state index contributed by atoms with van der Waals surface area (Å²) in [6.07, 6.45) is 7.23. The van der Waals surface area contributed by atoms with Gasteiger partial charge in [-0.15, -0.1) is 18.2 Å². The first-order valence-corrected chi connectivity index (χ1v) is 6.49. The Morgan fingerprint density at radius 1 is 1.67 bits per heavy atom. The molecule has 84 valence electrons. The minimum Gasteiger partial charge on any atom is -0.355 e. The van der Waals surface area contributed by atoms with Crippen molar-refractivity contribution in [3.05, 3.63) is 0 Å². The number of piperidine rings is 1. The van der Waals surface area contributed by atoms with Gasteiger partial charge < -0.3 is 10.6 Å². The Bertz CT molecular complexity index is 231. The number of amides is 1. The molecule has 0 saturated carbocycles. The van der Waals surface area contributed by atoms with Crippen molar-refractivity contribution in [2.75, 3.05) is 31.1 Å². The van der Waals surface area contributed by atoms with E-state index < -0.39 is 0 Å². The number of carbonyl (C=O) groups excluding carboxylic acids is 1. The minimum atomic E-state index is 0.163. The summed E-state index contributed by atoms with van der Waals surface area (Å²) in [5.74, 6) is 4.53. The van der Waals surface area contributed by atoms with Gasteiger partial charge in [-0.1, -0.05) is 5.92 Å². The number of carbonyl (C=O) groups is 1. The van der Waals surface area contributed by atoms with Gasteiger partial charge in [-0.05, 0) is 19.4 Å². The molecule has 0 spiro atoms. The maximum Gasteiger partial charge on any atom is 0.224 e. The first kappa shape index (κ1) is 12.4. The van der Waals surface area contributed by atoms with Gasteiger partial charge in [0.05, 0.1) is 11.7 Å². The van der Waals surface area contributed by atoms with Crippen LogP contribution in [0.4, 0.5) is 0 Å². The van der Waals surface area contributed by atoms with Crippen molar-refractivity contribution in [2.45, 2.75) is 12.8 Å². The number of hydrogen-bond donors (Lipinski definition) is 2. The average Bonchev–Trinajstić information content (AvgIpc) is 2.30. The van der Waals surface area contributed by atoms with Crippen LogP contribution in [-0.2, 0) is 4.79 Å². The molecule has 1 rings (SSSR count). The highest BCUT2D eigenvalue weighted by atomic mass is 32.2. The molecule has 1 amide bonds. The SMILES string of the molecule is C#CCSCCNC(=O)C1CCCNC1. The molecule has 15 heavy (non-hydrogen) atoms. The molecule has 1 atom stereocenters. The van der Waals surface area contributed by atoms with Gasteiger partial charge in [0.1, 0.15) is 0 Å². The second-order valence-electron chi connectivity index (χ2n) is 3.59. The number of hydrogen-bond acceptors (Lipinski definition) is 3. The Labute approximate surface area is 95.8 Å². The molecule has 1 aliphatic heterocycles. The third-order valence-corrected chi connectivity index (χ3v) is 3.26. The average molecular weight is 226 g/mol. The predicted molar refractivity (Wildman–Crippen MR) is 64.8 cm³/mol. The van der Waals surface area contributed by atoms with Crippen molar-refractivity contribution >= 4 is 17.7 Å². The van der Waals surface area contributed by atoms with Crippen LogP contribution in [0.25, 0.3) is 0 Å². The Morgan fingerprint density at radius 2 is 2.53 bits per heavy atom. The minimum absolute atomic E-state index is 0.163. The third kappa shape index (κ3) is 5.10. The highest BCUT2D eigenvalue weighted by Crippen LogP contribution is 2.09. The lowest BCUT2D eigenvalue weighted by molar-refractivity contribution is -0.125. The second kappa shape index (κ2) is 7.61. The normalized spacial score (nSPS) is 20.6. The lowest BCUT2D eigenvalue weighted by Crippen LogP contribution is -2.41. The van der Waals surface area contributed by atoms with Crippen LogP contribution in [-0.4, -0.2) is 37.0 Å². The zero-order valence-electron chi connectivity index (χ0n) is 8.92. The van der Waals surface area contributed by atoms with Crippen LogP contribution in [0.5, 0.6) is 0 Å². The highest BCUT2D eigenvalue weighted by Gasteiger charge is 2.19. The molecule has 0 aliphatic carbocycles. The summed E-state index contributed by atoms with van der Waals surface area (Å²) < 4.78 is 0. The van der Waals surface area contributed by atoms with Gasteiger partial charge in [0.15, 0.2) is 0 Å². The zero-order valence-corrected chi connectivity index (χ0v) is 9.74. The van der Waals surface area contributed by atoms with Crippen LogP contribution in [0.15, 0.2) is 0 Å². The van der Waals surface area contributed by atoms with Crippen molar-refractivity contribution in [2.24, 2.45) is 5.92 Å². The Balaban J connectivity index is 2.05. The van der Waals surface area contributed by atoms with Crippen molar-refractivity contribution in [1.29, 1.82) is 0 Å². The van der Waals surface area contributed by atoms with Crippen LogP contribution in [0.1, 0.15) is 12.8 Å². The van der Waals surface area contributed by atoms with E-state index in [1.54, 1.807) is 11.8 Å². The Kier molecular flexibility index (Phi) is 6.29. The summed E-state index contributed by atoms with van der Waals surface area (Å²) >= 11 is 1.68. The van der Waals surface area contributed by atoms with E-state index in [9.17, 15) is 4.79 Å². The molecule has 0 aromatic heterocycles. The van der Waals surface area contributed by atoms with E-state index in [-0.39, 0.29) is 11.8 Å². The number of rotatable bonds is 5. The predicted octanol–water partition coefficient (Wildman–Crippen LogP) is 0.469. The first-order valence-electron chi connectivity index (χ1n) is 5.34.